The molecular formula is C14H9ClN2O5S. The number of aromatic nitrogens is 2. The van der Waals surface area contributed by atoms with E-state index in [2.05, 4.69) is 5.16 Å². The predicted octanol–water partition coefficient (Wildman–Crippen LogP) is 3.30. The fourth-order valence-corrected chi connectivity index (χ4v) is 3.11. The van der Waals surface area contributed by atoms with Crippen LogP contribution in [0.2, 0.25) is 4.34 Å². The molecule has 2 N–H and O–H groups in total. The van der Waals surface area contributed by atoms with E-state index in [0.29, 0.717) is 15.8 Å². The van der Waals surface area contributed by atoms with Crippen molar-refractivity contribution >= 4 is 34.9 Å². The summed E-state index contributed by atoms with van der Waals surface area (Å²) in [6, 6.07) is 7.61. The molecule has 118 valence electrons. The summed E-state index contributed by atoms with van der Waals surface area (Å²) in [5.74, 6) is -1.95. The molecule has 0 aliphatic heterocycles. The third-order valence-corrected chi connectivity index (χ3v) is 4.36. The summed E-state index contributed by atoms with van der Waals surface area (Å²) < 4.78 is 6.97. The molecule has 7 nitrogen and oxygen atoms in total. The van der Waals surface area contributed by atoms with Crippen LogP contribution in [-0.2, 0) is 6.54 Å². The first-order valence-corrected chi connectivity index (χ1v) is 7.52. The molecule has 0 spiro atoms. The summed E-state index contributed by atoms with van der Waals surface area (Å²) in [6.07, 6.45) is 0. The van der Waals surface area contributed by atoms with Crippen LogP contribution in [0.15, 0.2) is 34.9 Å². The molecule has 23 heavy (non-hydrogen) atoms. The van der Waals surface area contributed by atoms with Gasteiger partial charge in [-0.25, -0.2) is 9.59 Å². The zero-order valence-corrected chi connectivity index (χ0v) is 13.0. The molecule has 0 aliphatic rings. The van der Waals surface area contributed by atoms with Gasteiger partial charge in [-0.2, -0.15) is 0 Å². The van der Waals surface area contributed by atoms with Gasteiger partial charge in [-0.15, -0.1) is 11.3 Å². The molecule has 3 aromatic heterocycles. The molecule has 0 bridgehead atoms. The molecule has 0 radical (unpaired) electrons. The number of carboxylic acids is 2. The molecule has 9 heteroatoms. The first-order valence-electron chi connectivity index (χ1n) is 6.33. The Morgan fingerprint density at radius 2 is 1.83 bits per heavy atom. The van der Waals surface area contributed by atoms with Crippen molar-refractivity contribution in [1.82, 2.24) is 9.72 Å². The SMILES string of the molecule is O=C(O)c1ccc(C(=O)O)n1Cc1cc(-c2ccc(Cl)s2)on1. The first kappa shape index (κ1) is 15.3. The number of aromatic carboxylic acids is 2. The number of thiophene rings is 1. The molecule has 3 aromatic rings. The zero-order chi connectivity index (χ0) is 16.6. The lowest BCUT2D eigenvalue weighted by molar-refractivity contribution is 0.0678. The Balaban J connectivity index is 1.93. The number of carboxylic acid groups (broad SMARTS) is 2. The maximum atomic E-state index is 11.2. The van der Waals surface area contributed by atoms with Gasteiger partial charge in [0.05, 0.1) is 15.8 Å². The summed E-state index contributed by atoms with van der Waals surface area (Å²) in [6.45, 7) is -0.0289. The van der Waals surface area contributed by atoms with Crippen molar-refractivity contribution in [3.05, 3.63) is 51.7 Å². The van der Waals surface area contributed by atoms with Gasteiger partial charge in [-0.3, -0.25) is 0 Å². The lowest BCUT2D eigenvalue weighted by Gasteiger charge is -2.06. The van der Waals surface area contributed by atoms with Gasteiger partial charge in [0.2, 0.25) is 0 Å². The second-order valence-electron chi connectivity index (χ2n) is 4.59. The van der Waals surface area contributed by atoms with E-state index < -0.39 is 11.9 Å². The summed E-state index contributed by atoms with van der Waals surface area (Å²) in [5, 5.41) is 22.2. The maximum Gasteiger partial charge on any atom is 0.352 e. The summed E-state index contributed by atoms with van der Waals surface area (Å²) in [5.41, 5.74) is 0.142. The fraction of sp³-hybridized carbons (Fsp3) is 0.0714. The molecule has 0 unspecified atom stereocenters. The molecule has 0 atom stereocenters. The van der Waals surface area contributed by atoms with E-state index in [1.807, 2.05) is 0 Å². The number of hydrogen-bond acceptors (Lipinski definition) is 5. The Morgan fingerprint density at radius 1 is 1.17 bits per heavy atom. The van der Waals surface area contributed by atoms with Crippen LogP contribution >= 0.6 is 22.9 Å². The van der Waals surface area contributed by atoms with Gasteiger partial charge < -0.3 is 19.3 Å². The van der Waals surface area contributed by atoms with Crippen molar-refractivity contribution in [2.24, 2.45) is 0 Å². The highest BCUT2D eigenvalue weighted by molar-refractivity contribution is 7.19. The largest absolute Gasteiger partial charge is 0.477 e. The van der Waals surface area contributed by atoms with Crippen LogP contribution in [0, 0.1) is 0 Å². The third-order valence-electron chi connectivity index (χ3n) is 3.11. The molecule has 0 saturated heterocycles. The predicted molar refractivity (Wildman–Crippen MR) is 82.3 cm³/mol. The highest BCUT2D eigenvalue weighted by atomic mass is 35.5. The average Bonchev–Trinajstić information content (AvgIpc) is 3.18. The van der Waals surface area contributed by atoms with Crippen molar-refractivity contribution in [1.29, 1.82) is 0 Å². The minimum Gasteiger partial charge on any atom is -0.477 e. The summed E-state index contributed by atoms with van der Waals surface area (Å²) in [4.78, 5) is 23.2. The van der Waals surface area contributed by atoms with Gasteiger partial charge in [0.1, 0.15) is 17.1 Å². The van der Waals surface area contributed by atoms with Gasteiger partial charge in [0, 0.05) is 6.07 Å². The van der Waals surface area contributed by atoms with Crippen LogP contribution in [0.5, 0.6) is 0 Å². The van der Waals surface area contributed by atoms with Gasteiger partial charge in [0.25, 0.3) is 0 Å². The topological polar surface area (TPSA) is 106 Å². The van der Waals surface area contributed by atoms with Crippen LogP contribution in [0.1, 0.15) is 26.7 Å². The molecule has 0 saturated carbocycles. The Bertz CT molecular complexity index is 863. The number of rotatable bonds is 5. The van der Waals surface area contributed by atoms with E-state index in [9.17, 15) is 9.59 Å². The van der Waals surface area contributed by atoms with E-state index in [1.54, 1.807) is 18.2 Å². The first-order chi connectivity index (χ1) is 11.0. The zero-order valence-electron chi connectivity index (χ0n) is 11.4. The van der Waals surface area contributed by atoms with E-state index in [0.717, 1.165) is 9.44 Å². The van der Waals surface area contributed by atoms with E-state index >= 15 is 0 Å². The number of carbonyl (C=O) groups is 2. The third kappa shape index (κ3) is 2.99. The van der Waals surface area contributed by atoms with Crippen molar-refractivity contribution in [2.45, 2.75) is 6.54 Å². The second-order valence-corrected chi connectivity index (χ2v) is 6.30. The van der Waals surface area contributed by atoms with Crippen molar-refractivity contribution in [3.8, 4) is 10.6 Å². The Kier molecular flexibility index (Phi) is 3.93. The minimum absolute atomic E-state index is 0.0289. The van der Waals surface area contributed by atoms with Crippen LogP contribution in [-0.4, -0.2) is 31.9 Å². The highest BCUT2D eigenvalue weighted by Crippen LogP contribution is 2.31. The number of hydrogen-bond donors (Lipinski definition) is 2. The van der Waals surface area contributed by atoms with Gasteiger partial charge in [-0.1, -0.05) is 16.8 Å². The molecule has 0 fully saturated rings. The van der Waals surface area contributed by atoms with Crippen LogP contribution < -0.4 is 0 Å². The standard InChI is InChI=1S/C14H9ClN2O5S/c15-12-4-3-11(23-12)10-5-7(16-22-10)6-17-8(13(18)19)1-2-9(17)14(20)21/h1-5H,6H2,(H,18,19)(H,20,21). The smallest absolute Gasteiger partial charge is 0.352 e. The van der Waals surface area contributed by atoms with Crippen molar-refractivity contribution < 1.29 is 24.3 Å². The molecular weight excluding hydrogens is 344 g/mol. The van der Waals surface area contributed by atoms with E-state index in [4.69, 9.17) is 26.3 Å². The van der Waals surface area contributed by atoms with Gasteiger partial charge >= 0.3 is 11.9 Å². The maximum absolute atomic E-state index is 11.2. The quantitative estimate of drug-likeness (QED) is 0.729. The minimum atomic E-state index is -1.22. The Labute approximate surface area is 138 Å². The van der Waals surface area contributed by atoms with Crippen LogP contribution in [0.3, 0.4) is 0 Å². The van der Waals surface area contributed by atoms with Gasteiger partial charge in [0.15, 0.2) is 5.76 Å². The summed E-state index contributed by atoms with van der Waals surface area (Å²) >= 11 is 7.18. The molecule has 0 aliphatic carbocycles. The van der Waals surface area contributed by atoms with E-state index in [1.165, 1.54) is 23.5 Å². The van der Waals surface area contributed by atoms with E-state index in [-0.39, 0.29) is 17.9 Å². The fourth-order valence-electron chi connectivity index (χ4n) is 2.12. The lowest BCUT2D eigenvalue weighted by atomic mass is 10.3. The number of halogens is 1. The van der Waals surface area contributed by atoms with Crippen molar-refractivity contribution in [2.75, 3.05) is 0 Å². The summed E-state index contributed by atoms with van der Waals surface area (Å²) in [7, 11) is 0. The Hall–Kier alpha value is -2.58. The van der Waals surface area contributed by atoms with Crippen molar-refractivity contribution in [3.63, 3.8) is 0 Å². The molecule has 0 aromatic carbocycles. The van der Waals surface area contributed by atoms with Gasteiger partial charge in [-0.05, 0) is 24.3 Å². The molecule has 3 rings (SSSR count). The molecule has 3 heterocycles. The number of nitrogens with zero attached hydrogens (tertiary/aromatic N) is 2. The van der Waals surface area contributed by atoms with Crippen LogP contribution in [0.25, 0.3) is 10.6 Å². The lowest BCUT2D eigenvalue weighted by Crippen LogP contribution is -2.15. The second kappa shape index (κ2) is 5.90. The normalized spacial score (nSPS) is 10.8. The monoisotopic (exact) mass is 352 g/mol. The highest BCUT2D eigenvalue weighted by Gasteiger charge is 2.20. The Morgan fingerprint density at radius 3 is 2.35 bits per heavy atom. The average molecular weight is 353 g/mol. The molecule has 0 amide bonds. The van der Waals surface area contributed by atoms with Crippen LogP contribution in [0.4, 0.5) is 0 Å².